The standard InChI is InChI=1S/C29H33BrN2O3/c1-4-22(3)31-29(34)27(18-23-11-6-5-7-12-23)32(19-24-13-9-8-10-21(24)2)28(33)20-35-26-16-14-25(30)15-17-26/h5-17,22,27H,4,18-20H2,1-3H3,(H,31,34)/t22-,27-/m1/s1. The van der Waals surface area contributed by atoms with Crippen LogP contribution in [0.3, 0.4) is 0 Å². The molecule has 0 radical (unpaired) electrons. The fraction of sp³-hybridized carbons (Fsp3) is 0.310. The summed E-state index contributed by atoms with van der Waals surface area (Å²) < 4.78 is 6.74. The topological polar surface area (TPSA) is 58.6 Å². The Kier molecular flexibility index (Phi) is 9.91. The molecule has 1 N–H and O–H groups in total. The Morgan fingerprint density at radius 3 is 2.29 bits per heavy atom. The lowest BCUT2D eigenvalue weighted by molar-refractivity contribution is -0.143. The van der Waals surface area contributed by atoms with Gasteiger partial charge in [-0.2, -0.15) is 0 Å². The quantitative estimate of drug-likeness (QED) is 0.342. The van der Waals surface area contributed by atoms with Crippen molar-refractivity contribution >= 4 is 27.7 Å². The van der Waals surface area contributed by atoms with Crippen LogP contribution in [0.4, 0.5) is 0 Å². The van der Waals surface area contributed by atoms with Crippen LogP contribution < -0.4 is 10.1 Å². The van der Waals surface area contributed by atoms with Gasteiger partial charge >= 0.3 is 0 Å². The van der Waals surface area contributed by atoms with E-state index in [4.69, 9.17) is 4.74 Å². The molecule has 184 valence electrons. The van der Waals surface area contributed by atoms with Crippen LogP contribution in [-0.2, 0) is 22.6 Å². The Bertz CT molecular complexity index is 1100. The van der Waals surface area contributed by atoms with Gasteiger partial charge in [0.2, 0.25) is 5.91 Å². The summed E-state index contributed by atoms with van der Waals surface area (Å²) in [5.74, 6) is 0.200. The second-order valence-electron chi connectivity index (χ2n) is 8.71. The van der Waals surface area contributed by atoms with E-state index in [0.717, 1.165) is 27.6 Å². The van der Waals surface area contributed by atoms with Crippen LogP contribution in [0.15, 0.2) is 83.3 Å². The highest BCUT2D eigenvalue weighted by Crippen LogP contribution is 2.19. The summed E-state index contributed by atoms with van der Waals surface area (Å²) in [5, 5.41) is 3.09. The van der Waals surface area contributed by atoms with Gasteiger partial charge in [0.15, 0.2) is 6.61 Å². The molecule has 0 fully saturated rings. The fourth-order valence-electron chi connectivity index (χ4n) is 3.72. The highest BCUT2D eigenvalue weighted by atomic mass is 79.9. The second-order valence-corrected chi connectivity index (χ2v) is 9.63. The first-order valence-electron chi connectivity index (χ1n) is 11.9. The van der Waals surface area contributed by atoms with Crippen molar-refractivity contribution in [2.45, 2.75) is 52.2 Å². The molecule has 0 bridgehead atoms. The van der Waals surface area contributed by atoms with Gasteiger partial charge in [0.25, 0.3) is 5.91 Å². The third-order valence-corrected chi connectivity index (χ3v) is 6.58. The predicted octanol–water partition coefficient (Wildman–Crippen LogP) is 5.69. The van der Waals surface area contributed by atoms with Crippen molar-refractivity contribution in [2.24, 2.45) is 0 Å². The van der Waals surface area contributed by atoms with E-state index >= 15 is 0 Å². The van der Waals surface area contributed by atoms with Crippen LogP contribution in [-0.4, -0.2) is 35.4 Å². The summed E-state index contributed by atoms with van der Waals surface area (Å²) in [6.07, 6.45) is 1.22. The molecule has 2 amide bonds. The number of rotatable bonds is 11. The monoisotopic (exact) mass is 536 g/mol. The van der Waals surface area contributed by atoms with E-state index in [0.29, 0.717) is 18.7 Å². The van der Waals surface area contributed by atoms with E-state index < -0.39 is 6.04 Å². The summed E-state index contributed by atoms with van der Waals surface area (Å²) in [6.45, 7) is 6.18. The molecule has 0 heterocycles. The molecule has 0 aliphatic heterocycles. The van der Waals surface area contributed by atoms with Gasteiger partial charge in [-0.25, -0.2) is 0 Å². The predicted molar refractivity (Wildman–Crippen MR) is 143 cm³/mol. The average molecular weight is 537 g/mol. The maximum Gasteiger partial charge on any atom is 0.261 e. The molecule has 6 heteroatoms. The number of benzene rings is 3. The van der Waals surface area contributed by atoms with Gasteiger partial charge in [-0.05, 0) is 61.2 Å². The zero-order valence-corrected chi connectivity index (χ0v) is 22.1. The van der Waals surface area contributed by atoms with Crippen LogP contribution in [0, 0.1) is 6.92 Å². The molecule has 3 aromatic carbocycles. The van der Waals surface area contributed by atoms with Crippen LogP contribution >= 0.6 is 15.9 Å². The van der Waals surface area contributed by atoms with Crippen molar-refractivity contribution in [1.82, 2.24) is 10.2 Å². The second kappa shape index (κ2) is 13.1. The largest absolute Gasteiger partial charge is 0.484 e. The third-order valence-electron chi connectivity index (χ3n) is 6.05. The lowest BCUT2D eigenvalue weighted by atomic mass is 10.0. The zero-order chi connectivity index (χ0) is 25.2. The lowest BCUT2D eigenvalue weighted by Crippen LogP contribution is -2.53. The maximum absolute atomic E-state index is 13.6. The molecule has 0 aliphatic rings. The molecule has 3 rings (SSSR count). The summed E-state index contributed by atoms with van der Waals surface area (Å²) in [7, 11) is 0. The Balaban J connectivity index is 1.91. The smallest absolute Gasteiger partial charge is 0.261 e. The Morgan fingerprint density at radius 2 is 1.63 bits per heavy atom. The minimum Gasteiger partial charge on any atom is -0.484 e. The molecule has 2 atom stereocenters. The average Bonchev–Trinajstić information content (AvgIpc) is 2.87. The van der Waals surface area contributed by atoms with Gasteiger partial charge in [0, 0.05) is 23.5 Å². The summed E-state index contributed by atoms with van der Waals surface area (Å²) in [4.78, 5) is 28.8. The number of amides is 2. The first-order valence-corrected chi connectivity index (χ1v) is 12.7. The Labute approximate surface area is 216 Å². The van der Waals surface area contributed by atoms with Crippen LogP contribution in [0.25, 0.3) is 0 Å². The minimum absolute atomic E-state index is 0.00945. The summed E-state index contributed by atoms with van der Waals surface area (Å²) >= 11 is 3.41. The van der Waals surface area contributed by atoms with E-state index in [9.17, 15) is 9.59 Å². The molecule has 0 aromatic heterocycles. The Morgan fingerprint density at radius 1 is 0.971 bits per heavy atom. The number of halogens is 1. The molecule has 3 aromatic rings. The van der Waals surface area contributed by atoms with E-state index in [2.05, 4.69) is 21.2 Å². The van der Waals surface area contributed by atoms with E-state index in [1.54, 1.807) is 17.0 Å². The van der Waals surface area contributed by atoms with Gasteiger partial charge in [0.1, 0.15) is 11.8 Å². The number of nitrogens with one attached hydrogen (secondary N) is 1. The Hall–Kier alpha value is -3.12. The van der Waals surface area contributed by atoms with Crippen molar-refractivity contribution in [3.63, 3.8) is 0 Å². The lowest BCUT2D eigenvalue weighted by Gasteiger charge is -2.32. The normalized spacial score (nSPS) is 12.5. The van der Waals surface area contributed by atoms with Gasteiger partial charge in [-0.3, -0.25) is 9.59 Å². The first kappa shape index (κ1) is 26.5. The first-order chi connectivity index (χ1) is 16.9. The number of hydrogen-bond donors (Lipinski definition) is 1. The van der Waals surface area contributed by atoms with E-state index in [1.165, 1.54) is 0 Å². The van der Waals surface area contributed by atoms with Crippen LogP contribution in [0.5, 0.6) is 5.75 Å². The molecule has 0 saturated heterocycles. The molecular weight excluding hydrogens is 504 g/mol. The molecule has 0 saturated carbocycles. The molecule has 5 nitrogen and oxygen atoms in total. The fourth-order valence-corrected chi connectivity index (χ4v) is 3.99. The molecular formula is C29H33BrN2O3. The highest BCUT2D eigenvalue weighted by Gasteiger charge is 2.31. The van der Waals surface area contributed by atoms with Crippen LogP contribution in [0.1, 0.15) is 37.0 Å². The van der Waals surface area contributed by atoms with Gasteiger partial charge in [0.05, 0.1) is 0 Å². The number of nitrogens with zero attached hydrogens (tertiary/aromatic N) is 1. The zero-order valence-electron chi connectivity index (χ0n) is 20.5. The number of carbonyl (C=O) groups excluding carboxylic acids is 2. The van der Waals surface area contributed by atoms with Gasteiger partial charge < -0.3 is 15.0 Å². The van der Waals surface area contributed by atoms with Crippen molar-refractivity contribution in [1.29, 1.82) is 0 Å². The molecule has 0 aliphatic carbocycles. The van der Waals surface area contributed by atoms with Crippen molar-refractivity contribution < 1.29 is 14.3 Å². The van der Waals surface area contributed by atoms with Crippen molar-refractivity contribution in [3.8, 4) is 5.75 Å². The molecule has 0 spiro atoms. The van der Waals surface area contributed by atoms with Crippen LogP contribution in [0.2, 0.25) is 0 Å². The summed E-state index contributed by atoms with van der Waals surface area (Å²) in [6, 6.07) is 24.4. The number of ether oxygens (including phenoxy) is 1. The molecule has 0 unspecified atom stereocenters. The van der Waals surface area contributed by atoms with E-state index in [1.807, 2.05) is 87.5 Å². The van der Waals surface area contributed by atoms with Crippen molar-refractivity contribution in [3.05, 3.63) is 100 Å². The number of aryl methyl sites for hydroxylation is 1. The number of carbonyl (C=O) groups is 2. The minimum atomic E-state index is -0.674. The van der Waals surface area contributed by atoms with Crippen molar-refractivity contribution in [2.75, 3.05) is 6.61 Å². The SMILES string of the molecule is CC[C@@H](C)NC(=O)[C@@H](Cc1ccccc1)N(Cc1ccccc1C)C(=O)COc1ccc(Br)cc1. The summed E-state index contributed by atoms with van der Waals surface area (Å²) in [5.41, 5.74) is 3.06. The maximum atomic E-state index is 13.6. The van der Waals surface area contributed by atoms with E-state index in [-0.39, 0.29) is 24.5 Å². The third kappa shape index (κ3) is 7.96. The highest BCUT2D eigenvalue weighted by molar-refractivity contribution is 9.10. The van der Waals surface area contributed by atoms with Gasteiger partial charge in [-0.1, -0.05) is 77.5 Å². The molecule has 35 heavy (non-hydrogen) atoms. The van der Waals surface area contributed by atoms with Gasteiger partial charge in [-0.15, -0.1) is 0 Å². The number of hydrogen-bond acceptors (Lipinski definition) is 3.